The number of nitrogens with zero attached hydrogens (tertiary/aromatic N) is 5. The lowest BCUT2D eigenvalue weighted by atomic mass is 9.89. The molecular formula is C28H31N5O5S2. The number of hydrogen-bond acceptors (Lipinski definition) is 8. The zero-order valence-electron chi connectivity index (χ0n) is 23.0. The van der Waals surface area contributed by atoms with E-state index in [1.807, 2.05) is 66.8 Å². The number of hydrogen-bond donors (Lipinski definition) is 0. The van der Waals surface area contributed by atoms with Gasteiger partial charge in [0.2, 0.25) is 0 Å². The molecular weight excluding hydrogens is 550 g/mol. The summed E-state index contributed by atoms with van der Waals surface area (Å²) in [6.07, 6.45) is 3.91. The number of fused-ring (bicyclic) bond motifs is 3. The van der Waals surface area contributed by atoms with Gasteiger partial charge in [-0.05, 0) is 50.3 Å². The quantitative estimate of drug-likeness (QED) is 0.345. The highest BCUT2D eigenvalue weighted by Crippen LogP contribution is 2.46. The van der Waals surface area contributed by atoms with E-state index in [2.05, 4.69) is 5.10 Å². The smallest absolute Gasteiger partial charge is 0.275 e. The van der Waals surface area contributed by atoms with E-state index in [1.165, 1.54) is 6.26 Å². The Morgan fingerprint density at radius 1 is 1.20 bits per heavy atom. The van der Waals surface area contributed by atoms with Crippen molar-refractivity contribution in [2.45, 2.75) is 44.1 Å². The van der Waals surface area contributed by atoms with E-state index in [0.29, 0.717) is 42.1 Å². The number of carbonyl (C=O) groups is 1. The van der Waals surface area contributed by atoms with Crippen molar-refractivity contribution in [2.75, 3.05) is 19.9 Å². The first-order valence-electron chi connectivity index (χ1n) is 13.0. The standard InChI is InChI=1S/C28H31N5O5S2/c1-28(2)14-18(40(5,35)36)6-10-32(28)27(34)25-21-15-38-24-13-23(37-4)19(22-7-9-31(3)29-22)12-20(24)26(21)33(30-25)17-8-11-39-16-17/h7-9,11-13,16,18H,6,10,14-15H2,1-5H3. The van der Waals surface area contributed by atoms with Crippen molar-refractivity contribution in [3.63, 3.8) is 0 Å². The van der Waals surface area contributed by atoms with Gasteiger partial charge in [-0.15, -0.1) is 0 Å². The van der Waals surface area contributed by atoms with Crippen LogP contribution in [0.2, 0.25) is 0 Å². The van der Waals surface area contributed by atoms with Crippen LogP contribution in [0.3, 0.4) is 0 Å². The molecule has 12 heteroatoms. The lowest BCUT2D eigenvalue weighted by Crippen LogP contribution is -2.55. The third kappa shape index (κ3) is 4.39. The van der Waals surface area contributed by atoms with Gasteiger partial charge in [0.25, 0.3) is 5.91 Å². The van der Waals surface area contributed by atoms with Crippen LogP contribution in [0.4, 0.5) is 0 Å². The van der Waals surface area contributed by atoms with Crippen LogP contribution in [0.5, 0.6) is 11.5 Å². The molecule has 2 aliphatic rings. The van der Waals surface area contributed by atoms with E-state index in [4.69, 9.17) is 14.6 Å². The molecule has 210 valence electrons. The van der Waals surface area contributed by atoms with Gasteiger partial charge in [0.1, 0.15) is 27.9 Å². The molecule has 1 aromatic carbocycles. The maximum absolute atomic E-state index is 14.1. The monoisotopic (exact) mass is 581 g/mol. The predicted octanol–water partition coefficient (Wildman–Crippen LogP) is 4.33. The number of methoxy groups -OCH3 is 1. The van der Waals surface area contributed by atoms with Crippen molar-refractivity contribution < 1.29 is 22.7 Å². The Morgan fingerprint density at radius 2 is 2.00 bits per heavy atom. The molecule has 0 spiro atoms. The third-order valence-electron chi connectivity index (χ3n) is 7.84. The minimum atomic E-state index is -3.21. The first kappa shape index (κ1) is 26.6. The molecule has 0 saturated carbocycles. The molecule has 4 aromatic rings. The largest absolute Gasteiger partial charge is 0.496 e. The molecule has 40 heavy (non-hydrogen) atoms. The van der Waals surface area contributed by atoms with Gasteiger partial charge in [-0.1, -0.05) is 0 Å². The van der Waals surface area contributed by atoms with Crippen molar-refractivity contribution in [1.82, 2.24) is 24.5 Å². The van der Waals surface area contributed by atoms with E-state index in [0.717, 1.165) is 28.2 Å². The van der Waals surface area contributed by atoms with Crippen molar-refractivity contribution in [3.8, 4) is 39.7 Å². The summed E-state index contributed by atoms with van der Waals surface area (Å²) < 4.78 is 40.0. The Hall–Kier alpha value is -3.64. The lowest BCUT2D eigenvalue weighted by Gasteiger charge is -2.45. The molecule has 2 aliphatic heterocycles. The highest BCUT2D eigenvalue weighted by Gasteiger charge is 2.43. The second kappa shape index (κ2) is 9.48. The van der Waals surface area contributed by atoms with Crippen molar-refractivity contribution in [3.05, 3.63) is 52.5 Å². The van der Waals surface area contributed by atoms with E-state index >= 15 is 0 Å². The molecule has 1 atom stereocenters. The highest BCUT2D eigenvalue weighted by molar-refractivity contribution is 7.91. The second-order valence-corrected chi connectivity index (χ2v) is 14.1. The first-order valence-corrected chi connectivity index (χ1v) is 15.9. The molecule has 1 amide bonds. The maximum atomic E-state index is 14.1. The van der Waals surface area contributed by atoms with Crippen molar-refractivity contribution in [1.29, 1.82) is 0 Å². The van der Waals surface area contributed by atoms with Crippen LogP contribution in [0.15, 0.2) is 41.2 Å². The zero-order chi connectivity index (χ0) is 28.4. The van der Waals surface area contributed by atoms with Gasteiger partial charge < -0.3 is 14.4 Å². The molecule has 5 heterocycles. The lowest BCUT2D eigenvalue weighted by molar-refractivity contribution is 0.0430. The second-order valence-electron chi connectivity index (χ2n) is 11.0. The van der Waals surface area contributed by atoms with E-state index in [1.54, 1.807) is 28.0 Å². The minimum Gasteiger partial charge on any atom is -0.496 e. The predicted molar refractivity (Wildman–Crippen MR) is 153 cm³/mol. The summed E-state index contributed by atoms with van der Waals surface area (Å²) in [6.45, 7) is 4.34. The zero-order valence-corrected chi connectivity index (χ0v) is 24.7. The van der Waals surface area contributed by atoms with Gasteiger partial charge >= 0.3 is 0 Å². The van der Waals surface area contributed by atoms with Crippen LogP contribution in [0.1, 0.15) is 42.7 Å². The number of aromatic nitrogens is 4. The molecule has 0 aliphatic carbocycles. The number of amides is 1. The van der Waals surface area contributed by atoms with Crippen LogP contribution in [-0.4, -0.2) is 69.5 Å². The first-order chi connectivity index (χ1) is 19.0. The number of benzene rings is 1. The molecule has 0 radical (unpaired) electrons. The SMILES string of the molecule is COc1cc2c(cc1-c1ccn(C)n1)-c1c(c(C(=O)N3CCC(S(C)(=O)=O)CC3(C)C)nn1-c1ccsc1)CO2. The number of likely N-dealkylation sites (tertiary alicyclic amines) is 1. The van der Waals surface area contributed by atoms with Gasteiger partial charge in [0.05, 0.1) is 29.4 Å². The van der Waals surface area contributed by atoms with Crippen LogP contribution < -0.4 is 9.47 Å². The summed E-state index contributed by atoms with van der Waals surface area (Å²) >= 11 is 1.55. The van der Waals surface area contributed by atoms with E-state index in [9.17, 15) is 13.2 Å². The summed E-state index contributed by atoms with van der Waals surface area (Å²) in [5, 5.41) is 12.9. The fourth-order valence-electron chi connectivity index (χ4n) is 5.76. The highest BCUT2D eigenvalue weighted by atomic mass is 32.2. The molecule has 3 aromatic heterocycles. The van der Waals surface area contributed by atoms with Crippen LogP contribution >= 0.6 is 11.3 Å². The van der Waals surface area contributed by atoms with Gasteiger partial charge in [-0.25, -0.2) is 13.1 Å². The normalized spacial score (nSPS) is 18.1. The fraction of sp³-hybridized carbons (Fsp3) is 0.393. The molecule has 6 rings (SSSR count). The summed E-state index contributed by atoms with van der Waals surface area (Å²) in [7, 11) is 0.266. The average Bonchev–Trinajstić information content (AvgIpc) is 3.66. The molecule has 1 fully saturated rings. The topological polar surface area (TPSA) is 109 Å². The summed E-state index contributed by atoms with van der Waals surface area (Å²) in [4.78, 5) is 15.9. The molecule has 1 saturated heterocycles. The number of carbonyl (C=O) groups excluding carboxylic acids is 1. The van der Waals surface area contributed by atoms with Crippen molar-refractivity contribution >= 4 is 27.1 Å². The number of sulfone groups is 1. The Labute approximate surface area is 237 Å². The Morgan fingerprint density at radius 3 is 2.62 bits per heavy atom. The molecule has 1 unspecified atom stereocenters. The van der Waals surface area contributed by atoms with Crippen LogP contribution in [-0.2, 0) is 23.5 Å². The Balaban J connectivity index is 1.49. The van der Waals surface area contributed by atoms with Gasteiger partial charge in [-0.2, -0.15) is 21.5 Å². The maximum Gasteiger partial charge on any atom is 0.275 e. The van der Waals surface area contributed by atoms with Gasteiger partial charge in [0, 0.05) is 59.7 Å². The molecule has 10 nitrogen and oxygen atoms in total. The summed E-state index contributed by atoms with van der Waals surface area (Å²) in [6, 6.07) is 7.72. The summed E-state index contributed by atoms with van der Waals surface area (Å²) in [5.74, 6) is 1.04. The Kier molecular flexibility index (Phi) is 6.30. The van der Waals surface area contributed by atoms with Gasteiger partial charge in [-0.3, -0.25) is 9.48 Å². The minimum absolute atomic E-state index is 0.167. The van der Waals surface area contributed by atoms with Crippen LogP contribution in [0, 0.1) is 0 Å². The average molecular weight is 582 g/mol. The van der Waals surface area contributed by atoms with Gasteiger partial charge in [0.15, 0.2) is 5.69 Å². The molecule has 0 N–H and O–H groups in total. The number of piperidine rings is 1. The number of aryl methyl sites for hydroxylation is 1. The number of rotatable bonds is 5. The van der Waals surface area contributed by atoms with E-state index in [-0.39, 0.29) is 12.5 Å². The Bertz CT molecular complexity index is 1720. The summed E-state index contributed by atoms with van der Waals surface area (Å²) in [5.41, 5.74) is 4.32. The third-order valence-corrected chi connectivity index (χ3v) is 10.1. The molecule has 0 bridgehead atoms. The fourth-order valence-corrected chi connectivity index (χ4v) is 7.62. The number of thiophene rings is 1. The van der Waals surface area contributed by atoms with Crippen molar-refractivity contribution in [2.24, 2.45) is 7.05 Å². The number of ether oxygens (including phenoxy) is 2. The van der Waals surface area contributed by atoms with Crippen LogP contribution in [0.25, 0.3) is 28.2 Å². The van der Waals surface area contributed by atoms with E-state index < -0.39 is 20.6 Å².